The van der Waals surface area contributed by atoms with Gasteiger partial charge in [-0.15, -0.1) is 24.2 Å². The maximum absolute atomic E-state index is 12.3. The van der Waals surface area contributed by atoms with Gasteiger partial charge in [0, 0.05) is 22.8 Å². The lowest BCUT2D eigenvalue weighted by Crippen LogP contribution is -2.25. The van der Waals surface area contributed by atoms with E-state index in [9.17, 15) is 14.7 Å². The predicted molar refractivity (Wildman–Crippen MR) is 150 cm³/mol. The van der Waals surface area contributed by atoms with E-state index < -0.39 is 11.4 Å². The third kappa shape index (κ3) is 9.85. The summed E-state index contributed by atoms with van der Waals surface area (Å²) in [6.45, 7) is 5.33. The van der Waals surface area contributed by atoms with Gasteiger partial charge in [0.25, 0.3) is 0 Å². The molecular formula is C28H33ClN2O4S. The summed E-state index contributed by atoms with van der Waals surface area (Å²) in [5, 5.41) is 12.0. The number of pyridine rings is 1. The Morgan fingerprint density at radius 1 is 1.03 bits per heavy atom. The van der Waals surface area contributed by atoms with Crippen molar-refractivity contribution in [3.8, 4) is 0 Å². The number of hydrogen-bond donors (Lipinski definition) is 2. The van der Waals surface area contributed by atoms with Crippen LogP contribution in [0.4, 0.5) is 5.69 Å². The smallest absolute Gasteiger partial charge is 0.309 e. The van der Waals surface area contributed by atoms with Crippen molar-refractivity contribution < 1.29 is 20.2 Å². The van der Waals surface area contributed by atoms with Gasteiger partial charge in [-0.1, -0.05) is 42.0 Å². The van der Waals surface area contributed by atoms with E-state index in [1.807, 2.05) is 54.6 Å². The Hall–Kier alpha value is -3.13. The van der Waals surface area contributed by atoms with Gasteiger partial charge in [0.2, 0.25) is 5.91 Å². The van der Waals surface area contributed by atoms with Gasteiger partial charge < -0.3 is 15.9 Å². The van der Waals surface area contributed by atoms with E-state index in [2.05, 4.69) is 36.5 Å². The zero-order valence-electron chi connectivity index (χ0n) is 20.7. The molecule has 2 aromatic carbocycles. The number of anilines is 1. The first-order chi connectivity index (χ1) is 16.2. The van der Waals surface area contributed by atoms with Crippen molar-refractivity contribution in [3.05, 3.63) is 89.2 Å². The molecule has 0 spiro atoms. The predicted octanol–water partition coefficient (Wildman–Crippen LogP) is 6.28. The number of nitrogens with one attached hydrogen (secondary N) is 1. The number of amides is 1. The lowest BCUT2D eigenvalue weighted by atomic mass is 9.88. The third-order valence-corrected chi connectivity index (χ3v) is 6.45. The topological polar surface area (TPSA) is 111 Å². The molecule has 0 unspecified atom stereocenters. The molecule has 0 aliphatic heterocycles. The molecular weight excluding hydrogens is 496 g/mol. The van der Waals surface area contributed by atoms with E-state index in [0.29, 0.717) is 5.69 Å². The minimum absolute atomic E-state index is 0. The van der Waals surface area contributed by atoms with Crippen LogP contribution in [0.5, 0.6) is 0 Å². The molecule has 0 radical (unpaired) electrons. The van der Waals surface area contributed by atoms with Crippen LogP contribution in [-0.4, -0.2) is 27.4 Å². The normalized spacial score (nSPS) is 10.9. The number of carboxylic acid groups (broad SMARTS) is 1. The van der Waals surface area contributed by atoms with E-state index in [0.717, 1.165) is 22.7 Å². The molecule has 3 aromatic rings. The van der Waals surface area contributed by atoms with E-state index in [4.69, 9.17) is 4.98 Å². The van der Waals surface area contributed by atoms with Gasteiger partial charge in [0.1, 0.15) is 0 Å². The van der Waals surface area contributed by atoms with Crippen molar-refractivity contribution in [1.29, 1.82) is 0 Å². The molecule has 3 rings (SSSR count). The van der Waals surface area contributed by atoms with Crippen LogP contribution in [0.3, 0.4) is 0 Å². The Labute approximate surface area is 223 Å². The number of thioether (sulfide) groups is 1. The zero-order valence-corrected chi connectivity index (χ0v) is 22.3. The first-order valence-electron chi connectivity index (χ1n) is 11.2. The summed E-state index contributed by atoms with van der Waals surface area (Å²) in [7, 11) is 0. The number of aromatic nitrogens is 1. The first-order valence-corrected chi connectivity index (χ1v) is 12.2. The maximum Gasteiger partial charge on any atom is 0.309 e. The third-order valence-electron chi connectivity index (χ3n) is 5.41. The number of hydrogen-bond acceptors (Lipinski definition) is 4. The van der Waals surface area contributed by atoms with E-state index in [1.165, 1.54) is 10.5 Å². The summed E-state index contributed by atoms with van der Waals surface area (Å²) in [4.78, 5) is 29.4. The Kier molecular flexibility index (Phi) is 12.4. The number of carboxylic acids is 1. The molecule has 0 aliphatic carbocycles. The number of aliphatic carboxylic acids is 1. The van der Waals surface area contributed by atoms with Crippen molar-refractivity contribution in [3.63, 3.8) is 0 Å². The number of halogens is 1. The van der Waals surface area contributed by atoms with Crippen LogP contribution in [0.1, 0.15) is 49.2 Å². The van der Waals surface area contributed by atoms with E-state index >= 15 is 0 Å². The van der Waals surface area contributed by atoms with Crippen molar-refractivity contribution in [2.45, 2.75) is 44.3 Å². The van der Waals surface area contributed by atoms with Gasteiger partial charge in [-0.2, -0.15) is 0 Å². The maximum atomic E-state index is 12.3. The Morgan fingerprint density at radius 3 is 2.42 bits per heavy atom. The molecule has 0 saturated carbocycles. The molecule has 8 heteroatoms. The van der Waals surface area contributed by atoms with Crippen LogP contribution in [0.15, 0.2) is 71.6 Å². The Bertz CT molecular complexity index is 1180. The highest BCUT2D eigenvalue weighted by Crippen LogP contribution is 2.24. The molecule has 0 fully saturated rings. The summed E-state index contributed by atoms with van der Waals surface area (Å²) in [6.07, 6.45) is 4.34. The molecule has 36 heavy (non-hydrogen) atoms. The largest absolute Gasteiger partial charge is 0.481 e. The summed E-state index contributed by atoms with van der Waals surface area (Å²) in [6, 6.07) is 22.0. The van der Waals surface area contributed by atoms with Gasteiger partial charge in [-0.05, 0) is 75.2 Å². The number of nitrogens with zero attached hydrogens (tertiary/aromatic N) is 1. The standard InChI is InChI=1S/C28H30N2O3S.ClH.H2O/c1-20-10-14-25(15-11-20)34-19-24-9-5-7-22(29-24)13-12-21-6-4-8-23(18-21)30-26(31)16-17-28(2,3)27(32)33;;/h4-15,18H,16-17,19H2,1-3H3,(H,30,31)(H,32,33);1H;1H2/b13-12+;;. The fraction of sp³-hybridized carbons (Fsp3) is 0.250. The first kappa shape index (κ1) is 30.9. The molecule has 192 valence electrons. The van der Waals surface area contributed by atoms with Crippen molar-refractivity contribution >= 4 is 53.9 Å². The van der Waals surface area contributed by atoms with Crippen LogP contribution >= 0.6 is 24.2 Å². The van der Waals surface area contributed by atoms with Crippen molar-refractivity contribution in [1.82, 2.24) is 4.98 Å². The molecule has 1 heterocycles. The molecule has 0 aliphatic rings. The van der Waals surface area contributed by atoms with Gasteiger partial charge in [0.05, 0.1) is 16.8 Å². The number of carbonyl (C=O) groups is 2. The molecule has 1 aromatic heterocycles. The van der Waals surface area contributed by atoms with Crippen molar-refractivity contribution in [2.24, 2.45) is 5.41 Å². The lowest BCUT2D eigenvalue weighted by molar-refractivity contribution is -0.147. The average Bonchev–Trinajstić information content (AvgIpc) is 2.82. The molecule has 0 atom stereocenters. The van der Waals surface area contributed by atoms with E-state index in [1.54, 1.807) is 25.6 Å². The second-order valence-electron chi connectivity index (χ2n) is 8.85. The van der Waals surface area contributed by atoms with Crippen LogP contribution in [-0.2, 0) is 15.3 Å². The molecule has 6 nitrogen and oxygen atoms in total. The van der Waals surface area contributed by atoms with Gasteiger partial charge >= 0.3 is 5.97 Å². The average molecular weight is 529 g/mol. The number of rotatable bonds is 10. The summed E-state index contributed by atoms with van der Waals surface area (Å²) >= 11 is 1.76. The second kappa shape index (κ2) is 14.4. The highest BCUT2D eigenvalue weighted by Gasteiger charge is 2.27. The monoisotopic (exact) mass is 528 g/mol. The highest BCUT2D eigenvalue weighted by atomic mass is 35.5. The summed E-state index contributed by atoms with van der Waals surface area (Å²) in [5.41, 5.74) is 3.81. The minimum Gasteiger partial charge on any atom is -0.481 e. The fourth-order valence-corrected chi connectivity index (χ4v) is 3.93. The molecule has 0 saturated heterocycles. The van der Waals surface area contributed by atoms with Crippen LogP contribution in [0.25, 0.3) is 12.2 Å². The van der Waals surface area contributed by atoms with E-state index in [-0.39, 0.29) is 36.6 Å². The molecule has 1 amide bonds. The second-order valence-corrected chi connectivity index (χ2v) is 9.90. The zero-order chi connectivity index (χ0) is 24.6. The molecule has 4 N–H and O–H groups in total. The van der Waals surface area contributed by atoms with Gasteiger partial charge in [-0.3, -0.25) is 14.6 Å². The van der Waals surface area contributed by atoms with Crippen LogP contribution < -0.4 is 5.32 Å². The Morgan fingerprint density at radius 2 is 1.72 bits per heavy atom. The SMILES string of the molecule is Cc1ccc(SCc2cccc(/C=C/c3cccc(NC(=O)CCC(C)(C)C(=O)O)c3)n2)cc1.Cl.O. The highest BCUT2D eigenvalue weighted by molar-refractivity contribution is 7.98. The fourth-order valence-electron chi connectivity index (χ4n) is 3.12. The Balaban J connectivity index is 0.00000324. The number of aryl methyl sites for hydroxylation is 1. The van der Waals surface area contributed by atoms with Crippen LogP contribution in [0, 0.1) is 12.3 Å². The lowest BCUT2D eigenvalue weighted by Gasteiger charge is -2.18. The van der Waals surface area contributed by atoms with Crippen molar-refractivity contribution in [2.75, 3.05) is 5.32 Å². The summed E-state index contributed by atoms with van der Waals surface area (Å²) < 4.78 is 0. The number of benzene rings is 2. The van der Waals surface area contributed by atoms with Gasteiger partial charge in [-0.25, -0.2) is 0 Å². The number of carbonyl (C=O) groups excluding carboxylic acids is 1. The van der Waals surface area contributed by atoms with Gasteiger partial charge in [0.15, 0.2) is 0 Å². The van der Waals surface area contributed by atoms with Crippen LogP contribution in [0.2, 0.25) is 0 Å². The minimum atomic E-state index is -0.928. The summed E-state index contributed by atoms with van der Waals surface area (Å²) in [5.74, 6) is -0.306. The quantitative estimate of drug-likeness (QED) is 0.301. The molecule has 0 bridgehead atoms.